The summed E-state index contributed by atoms with van der Waals surface area (Å²) in [7, 11) is 0. The van der Waals surface area contributed by atoms with E-state index in [1.54, 1.807) is 24.3 Å². The second-order valence-corrected chi connectivity index (χ2v) is 6.96. The summed E-state index contributed by atoms with van der Waals surface area (Å²) in [6.45, 7) is 3.35. The van der Waals surface area contributed by atoms with Gasteiger partial charge in [0.25, 0.3) is 0 Å². The van der Waals surface area contributed by atoms with Crippen molar-refractivity contribution in [2.75, 3.05) is 10.6 Å². The Hall–Kier alpha value is -3.60. The van der Waals surface area contributed by atoms with E-state index in [4.69, 9.17) is 0 Å². The Morgan fingerprint density at radius 1 is 1.10 bits per heavy atom. The van der Waals surface area contributed by atoms with Crippen LogP contribution in [0.25, 0.3) is 11.3 Å². The highest BCUT2D eigenvalue weighted by molar-refractivity contribution is 7.15. The molecule has 7 nitrogen and oxygen atoms in total. The van der Waals surface area contributed by atoms with Crippen LogP contribution < -0.4 is 10.6 Å². The molecule has 1 aromatic carbocycles. The van der Waals surface area contributed by atoms with Crippen LogP contribution in [0.3, 0.4) is 0 Å². The zero-order valence-electron chi connectivity index (χ0n) is 15.2. The van der Waals surface area contributed by atoms with Crippen molar-refractivity contribution in [2.45, 2.75) is 12.6 Å². The molecule has 30 heavy (non-hydrogen) atoms. The summed E-state index contributed by atoms with van der Waals surface area (Å²) in [5.41, 5.74) is 1.83. The van der Waals surface area contributed by atoms with Gasteiger partial charge in [0.1, 0.15) is 4.88 Å². The lowest BCUT2D eigenvalue weighted by Crippen LogP contribution is -2.14. The molecule has 11 heteroatoms. The molecular weight excluding hydrogens is 419 g/mol. The first-order chi connectivity index (χ1) is 14.2. The first-order valence-electron chi connectivity index (χ1n) is 8.42. The van der Waals surface area contributed by atoms with Gasteiger partial charge in [-0.2, -0.15) is 13.2 Å². The molecule has 3 aromatic rings. The number of amides is 2. The van der Waals surface area contributed by atoms with Crippen LogP contribution in [0.15, 0.2) is 55.5 Å². The Balaban J connectivity index is 1.66. The van der Waals surface area contributed by atoms with Gasteiger partial charge in [0, 0.05) is 5.56 Å². The van der Waals surface area contributed by atoms with Crippen LogP contribution in [0.4, 0.5) is 24.1 Å². The summed E-state index contributed by atoms with van der Waals surface area (Å²) in [6, 6.07) is 6.91. The van der Waals surface area contributed by atoms with Gasteiger partial charge >= 0.3 is 6.18 Å². The fourth-order valence-corrected chi connectivity index (χ4v) is 3.07. The van der Waals surface area contributed by atoms with E-state index in [2.05, 4.69) is 32.2 Å². The number of aromatic nitrogens is 3. The Labute approximate surface area is 172 Å². The summed E-state index contributed by atoms with van der Waals surface area (Å²) in [5.74, 6) is -0.641. The molecule has 0 aliphatic carbocycles. The molecule has 0 bridgehead atoms. The molecule has 2 amide bonds. The van der Waals surface area contributed by atoms with Crippen molar-refractivity contribution >= 4 is 34.1 Å². The summed E-state index contributed by atoms with van der Waals surface area (Å²) < 4.78 is 37.9. The molecular formula is C19H14F3N5O2S. The van der Waals surface area contributed by atoms with Gasteiger partial charge in [-0.3, -0.25) is 14.6 Å². The number of nitrogens with one attached hydrogen (secondary N) is 2. The van der Waals surface area contributed by atoms with Crippen LogP contribution >= 0.6 is 11.3 Å². The third-order valence-electron chi connectivity index (χ3n) is 3.71. The second-order valence-electron chi connectivity index (χ2n) is 5.93. The van der Waals surface area contributed by atoms with Crippen LogP contribution in [0.2, 0.25) is 0 Å². The molecule has 0 atom stereocenters. The standard InChI is InChI=1S/C19H14F3N5O2S/c1-2-16(28)26-15-10-23-13(8-24-15)12-5-3-4-11(6-12)7-17(29)27-18-25-9-14(30-18)19(20,21)22/h2-6,8-10H,1,7H2,(H,24,26,28)(H,25,27,29). The number of nitrogens with zero attached hydrogens (tertiary/aromatic N) is 3. The third kappa shape index (κ3) is 5.47. The van der Waals surface area contributed by atoms with Crippen molar-refractivity contribution in [3.05, 3.63) is 66.0 Å². The minimum atomic E-state index is -4.50. The second kappa shape index (κ2) is 8.82. The van der Waals surface area contributed by atoms with Gasteiger partial charge < -0.3 is 10.6 Å². The number of hydrogen-bond donors (Lipinski definition) is 2. The van der Waals surface area contributed by atoms with Gasteiger partial charge in [-0.25, -0.2) is 9.97 Å². The maximum atomic E-state index is 12.6. The molecule has 0 unspecified atom stereocenters. The first kappa shape index (κ1) is 21.1. The number of benzene rings is 1. The zero-order valence-corrected chi connectivity index (χ0v) is 16.0. The topological polar surface area (TPSA) is 96.9 Å². The third-order valence-corrected chi connectivity index (χ3v) is 4.66. The minimum absolute atomic E-state index is 0.0598. The summed E-state index contributed by atoms with van der Waals surface area (Å²) in [6.07, 6.45) is 0.0825. The summed E-state index contributed by atoms with van der Waals surface area (Å²) in [4.78, 5) is 34.4. The van der Waals surface area contributed by atoms with Gasteiger partial charge in [0.2, 0.25) is 11.8 Å². The molecule has 3 rings (SSSR count). The summed E-state index contributed by atoms with van der Waals surface area (Å²) >= 11 is 0.363. The molecule has 0 aliphatic rings. The van der Waals surface area contributed by atoms with E-state index in [0.29, 0.717) is 34.4 Å². The number of hydrogen-bond acceptors (Lipinski definition) is 6. The molecule has 0 spiro atoms. The molecule has 0 saturated heterocycles. The number of alkyl halides is 3. The fourth-order valence-electron chi connectivity index (χ4n) is 2.37. The highest BCUT2D eigenvalue weighted by atomic mass is 32.1. The van der Waals surface area contributed by atoms with Crippen molar-refractivity contribution in [3.63, 3.8) is 0 Å². The minimum Gasteiger partial charge on any atom is -0.306 e. The predicted molar refractivity (Wildman–Crippen MR) is 106 cm³/mol. The van der Waals surface area contributed by atoms with Crippen molar-refractivity contribution in [1.29, 1.82) is 0 Å². The molecule has 0 saturated carbocycles. The number of rotatable bonds is 6. The van der Waals surface area contributed by atoms with Crippen molar-refractivity contribution in [2.24, 2.45) is 0 Å². The van der Waals surface area contributed by atoms with E-state index in [1.165, 1.54) is 12.4 Å². The smallest absolute Gasteiger partial charge is 0.306 e. The predicted octanol–water partition coefficient (Wildman–Crippen LogP) is 3.92. The molecule has 154 valence electrons. The van der Waals surface area contributed by atoms with E-state index < -0.39 is 22.9 Å². The number of carbonyl (C=O) groups excluding carboxylic acids is 2. The summed E-state index contributed by atoms with van der Waals surface area (Å²) in [5, 5.41) is 4.73. The van der Waals surface area contributed by atoms with E-state index in [9.17, 15) is 22.8 Å². The number of carbonyl (C=O) groups is 2. The van der Waals surface area contributed by atoms with Gasteiger partial charge in [-0.05, 0) is 17.7 Å². The molecule has 2 heterocycles. The highest BCUT2D eigenvalue weighted by Crippen LogP contribution is 2.35. The maximum absolute atomic E-state index is 12.6. The monoisotopic (exact) mass is 433 g/mol. The van der Waals surface area contributed by atoms with Gasteiger partial charge in [-0.1, -0.05) is 36.1 Å². The Morgan fingerprint density at radius 3 is 2.53 bits per heavy atom. The van der Waals surface area contributed by atoms with Crippen molar-refractivity contribution in [1.82, 2.24) is 15.0 Å². The molecule has 0 fully saturated rings. The van der Waals surface area contributed by atoms with Gasteiger partial charge in [0.05, 0.1) is 30.7 Å². The van der Waals surface area contributed by atoms with Crippen LogP contribution in [0.1, 0.15) is 10.4 Å². The zero-order chi connectivity index (χ0) is 21.7. The van der Waals surface area contributed by atoms with Crippen LogP contribution in [-0.4, -0.2) is 26.8 Å². The lowest BCUT2D eigenvalue weighted by molar-refractivity contribution is -0.134. The van der Waals surface area contributed by atoms with Gasteiger partial charge in [-0.15, -0.1) is 0 Å². The number of halogens is 3. The van der Waals surface area contributed by atoms with E-state index in [-0.39, 0.29) is 17.4 Å². The fraction of sp³-hybridized carbons (Fsp3) is 0.105. The largest absolute Gasteiger partial charge is 0.427 e. The Kier molecular flexibility index (Phi) is 6.21. The lowest BCUT2D eigenvalue weighted by Gasteiger charge is -2.06. The lowest BCUT2D eigenvalue weighted by atomic mass is 10.1. The normalized spacial score (nSPS) is 11.0. The first-order valence-corrected chi connectivity index (χ1v) is 9.24. The SMILES string of the molecule is C=CC(=O)Nc1cnc(-c2cccc(CC(=O)Nc3ncc(C(F)(F)F)s3)c2)cn1. The average molecular weight is 433 g/mol. The highest BCUT2D eigenvalue weighted by Gasteiger charge is 2.33. The van der Waals surface area contributed by atoms with Crippen molar-refractivity contribution < 1.29 is 22.8 Å². The van der Waals surface area contributed by atoms with E-state index in [0.717, 1.165) is 6.08 Å². The number of anilines is 2. The molecule has 2 N–H and O–H groups in total. The van der Waals surface area contributed by atoms with E-state index >= 15 is 0 Å². The molecule has 2 aromatic heterocycles. The quantitative estimate of drug-likeness (QED) is 0.575. The van der Waals surface area contributed by atoms with Crippen LogP contribution in [0, 0.1) is 0 Å². The van der Waals surface area contributed by atoms with Crippen LogP contribution in [-0.2, 0) is 22.2 Å². The Morgan fingerprint density at radius 2 is 1.90 bits per heavy atom. The van der Waals surface area contributed by atoms with Gasteiger partial charge in [0.15, 0.2) is 10.9 Å². The van der Waals surface area contributed by atoms with Crippen LogP contribution in [0.5, 0.6) is 0 Å². The molecule has 0 aliphatic heterocycles. The maximum Gasteiger partial charge on any atom is 0.427 e. The molecule has 0 radical (unpaired) electrons. The average Bonchev–Trinajstić information content (AvgIpc) is 3.17. The number of thiazole rings is 1. The van der Waals surface area contributed by atoms with Crippen molar-refractivity contribution in [3.8, 4) is 11.3 Å². The Bertz CT molecular complexity index is 1080. The van der Waals surface area contributed by atoms with E-state index in [1.807, 2.05) is 0 Å².